The Kier molecular flexibility index (Phi) is 4.91. The molecular weight excluding hydrogens is 228 g/mol. The van der Waals surface area contributed by atoms with E-state index >= 15 is 0 Å². The first-order chi connectivity index (χ1) is 8.31. The summed E-state index contributed by atoms with van der Waals surface area (Å²) in [6.45, 7) is 8.43. The average Bonchev–Trinajstić information content (AvgIpc) is 2.36. The molecule has 0 spiro atoms. The lowest BCUT2D eigenvalue weighted by atomic mass is 9.85. The van der Waals surface area contributed by atoms with Crippen LogP contribution in [0.1, 0.15) is 47.0 Å². The van der Waals surface area contributed by atoms with Crippen molar-refractivity contribution in [1.29, 1.82) is 0 Å². The maximum atomic E-state index is 12.3. The van der Waals surface area contributed by atoms with Crippen molar-refractivity contribution in [2.75, 3.05) is 13.6 Å². The molecule has 0 aromatic heterocycles. The highest BCUT2D eigenvalue weighted by molar-refractivity contribution is 6.36. The summed E-state index contributed by atoms with van der Waals surface area (Å²) in [5, 5.41) is 3.26. The molecule has 1 atom stereocenters. The van der Waals surface area contributed by atoms with Crippen LogP contribution in [0.25, 0.3) is 0 Å². The summed E-state index contributed by atoms with van der Waals surface area (Å²) >= 11 is 0. The van der Waals surface area contributed by atoms with Gasteiger partial charge in [-0.15, -0.1) is 0 Å². The third kappa shape index (κ3) is 3.10. The van der Waals surface area contributed by atoms with Crippen molar-refractivity contribution in [2.24, 2.45) is 5.92 Å². The zero-order valence-corrected chi connectivity index (χ0v) is 12.2. The Morgan fingerprint density at radius 1 is 1.28 bits per heavy atom. The molecule has 1 amide bonds. The number of likely N-dealkylation sites (tertiary alicyclic amines) is 1. The molecule has 18 heavy (non-hydrogen) atoms. The predicted molar refractivity (Wildman–Crippen MR) is 72.3 cm³/mol. The number of rotatable bonds is 4. The molecule has 1 fully saturated rings. The van der Waals surface area contributed by atoms with Crippen LogP contribution in [0.5, 0.6) is 0 Å². The third-order valence-electron chi connectivity index (χ3n) is 3.98. The molecule has 1 aliphatic rings. The van der Waals surface area contributed by atoms with Crippen molar-refractivity contribution in [2.45, 2.75) is 58.5 Å². The largest absolute Gasteiger partial charge is 0.331 e. The first kappa shape index (κ1) is 15.2. The first-order valence-electron chi connectivity index (χ1n) is 6.85. The maximum absolute atomic E-state index is 12.3. The van der Waals surface area contributed by atoms with Crippen LogP contribution in [-0.4, -0.2) is 41.8 Å². The quantitative estimate of drug-likeness (QED) is 0.775. The lowest BCUT2D eigenvalue weighted by Crippen LogP contribution is -2.60. The molecule has 4 nitrogen and oxygen atoms in total. The van der Waals surface area contributed by atoms with Crippen molar-refractivity contribution >= 4 is 11.7 Å². The van der Waals surface area contributed by atoms with Gasteiger partial charge < -0.3 is 10.2 Å². The fraction of sp³-hybridized carbons (Fsp3) is 0.857. The normalized spacial score (nSPS) is 21.2. The molecule has 1 unspecified atom stereocenters. The smallest absolute Gasteiger partial charge is 0.290 e. The van der Waals surface area contributed by atoms with Crippen LogP contribution < -0.4 is 5.32 Å². The van der Waals surface area contributed by atoms with Gasteiger partial charge in [-0.3, -0.25) is 9.59 Å². The van der Waals surface area contributed by atoms with Gasteiger partial charge in [0.15, 0.2) is 0 Å². The Morgan fingerprint density at radius 2 is 1.89 bits per heavy atom. The number of amides is 1. The molecule has 1 heterocycles. The molecular formula is C14H26N2O2. The predicted octanol–water partition coefficient (Wildman–Crippen LogP) is 1.59. The number of nitrogens with one attached hydrogen (secondary N) is 1. The fourth-order valence-electron chi connectivity index (χ4n) is 2.48. The van der Waals surface area contributed by atoms with Gasteiger partial charge in [-0.1, -0.05) is 13.8 Å². The number of Topliss-reactive ketones (excluding diaryl/α,β-unsaturated/α-hetero) is 1. The van der Waals surface area contributed by atoms with Crippen LogP contribution in [0.4, 0.5) is 0 Å². The third-order valence-corrected chi connectivity index (χ3v) is 3.98. The summed E-state index contributed by atoms with van der Waals surface area (Å²) in [5.41, 5.74) is -0.159. The zero-order valence-electron chi connectivity index (χ0n) is 12.2. The average molecular weight is 254 g/mol. The van der Waals surface area contributed by atoms with E-state index < -0.39 is 0 Å². The van der Waals surface area contributed by atoms with Crippen LogP contribution in [0, 0.1) is 5.92 Å². The van der Waals surface area contributed by atoms with Crippen LogP contribution in [0.2, 0.25) is 0 Å². The monoisotopic (exact) mass is 254 g/mol. The lowest BCUT2D eigenvalue weighted by Gasteiger charge is -2.44. The van der Waals surface area contributed by atoms with Crippen LogP contribution >= 0.6 is 0 Å². The van der Waals surface area contributed by atoms with Gasteiger partial charge >= 0.3 is 0 Å². The van der Waals surface area contributed by atoms with E-state index in [2.05, 4.69) is 19.2 Å². The van der Waals surface area contributed by atoms with E-state index in [0.29, 0.717) is 6.54 Å². The van der Waals surface area contributed by atoms with E-state index in [0.717, 1.165) is 19.3 Å². The molecule has 0 saturated carbocycles. The van der Waals surface area contributed by atoms with E-state index in [1.807, 2.05) is 7.05 Å². The van der Waals surface area contributed by atoms with E-state index in [4.69, 9.17) is 0 Å². The second-order valence-corrected chi connectivity index (χ2v) is 6.00. The molecule has 1 aliphatic heterocycles. The number of piperidine rings is 1. The van der Waals surface area contributed by atoms with Crippen molar-refractivity contribution in [3.63, 3.8) is 0 Å². The molecule has 0 aliphatic carbocycles. The molecule has 0 bridgehead atoms. The molecule has 1 rings (SSSR count). The van der Waals surface area contributed by atoms with Gasteiger partial charge in [0, 0.05) is 24.0 Å². The van der Waals surface area contributed by atoms with Crippen molar-refractivity contribution in [1.82, 2.24) is 10.2 Å². The second kappa shape index (κ2) is 5.83. The Morgan fingerprint density at radius 3 is 2.39 bits per heavy atom. The first-order valence-corrected chi connectivity index (χ1v) is 6.85. The van der Waals surface area contributed by atoms with Gasteiger partial charge in [0.25, 0.3) is 5.91 Å². The number of hydrogen-bond acceptors (Lipinski definition) is 3. The lowest BCUT2D eigenvalue weighted by molar-refractivity contribution is -0.150. The summed E-state index contributed by atoms with van der Waals surface area (Å²) in [6.07, 6.45) is 3.08. The Balaban J connectivity index is 2.89. The molecule has 0 aromatic carbocycles. The number of carbonyl (C=O) groups excluding carboxylic acids is 2. The standard InChI is InChI=1S/C14H26N2O2/c1-10(2)12(17)13(18)16-9-7-6-8-11(16)14(3,4)15-5/h10-11,15H,6-9H2,1-5H3. The van der Waals surface area contributed by atoms with Crippen LogP contribution in [-0.2, 0) is 9.59 Å². The molecule has 104 valence electrons. The highest BCUT2D eigenvalue weighted by Gasteiger charge is 2.39. The number of ketones is 1. The van der Waals surface area contributed by atoms with Crippen molar-refractivity contribution in [3.05, 3.63) is 0 Å². The van der Waals surface area contributed by atoms with Gasteiger partial charge in [-0.2, -0.15) is 0 Å². The zero-order chi connectivity index (χ0) is 13.9. The van der Waals surface area contributed by atoms with Gasteiger partial charge in [-0.05, 0) is 40.2 Å². The van der Waals surface area contributed by atoms with Crippen molar-refractivity contribution < 1.29 is 9.59 Å². The SMILES string of the molecule is CNC(C)(C)C1CCCCN1C(=O)C(=O)C(C)C. The topological polar surface area (TPSA) is 49.4 Å². The number of likely N-dealkylation sites (N-methyl/N-ethyl adjacent to an activating group) is 1. The van der Waals surface area contributed by atoms with Gasteiger partial charge in [0.2, 0.25) is 5.78 Å². The maximum Gasteiger partial charge on any atom is 0.290 e. The Labute approximate surface area is 110 Å². The molecule has 0 radical (unpaired) electrons. The van der Waals surface area contributed by atoms with E-state index in [1.54, 1.807) is 18.7 Å². The summed E-state index contributed by atoms with van der Waals surface area (Å²) in [4.78, 5) is 25.9. The summed E-state index contributed by atoms with van der Waals surface area (Å²) in [6, 6.07) is 0.103. The van der Waals surface area contributed by atoms with E-state index in [9.17, 15) is 9.59 Å². The minimum Gasteiger partial charge on any atom is -0.331 e. The van der Waals surface area contributed by atoms with Crippen LogP contribution in [0.3, 0.4) is 0 Å². The Hall–Kier alpha value is -0.900. The summed E-state index contributed by atoms with van der Waals surface area (Å²) in [5.74, 6) is -0.801. The number of nitrogens with zero attached hydrogens (tertiary/aromatic N) is 1. The van der Waals surface area contributed by atoms with Crippen molar-refractivity contribution in [3.8, 4) is 0 Å². The van der Waals surface area contributed by atoms with Crippen LogP contribution in [0.15, 0.2) is 0 Å². The molecule has 1 saturated heterocycles. The summed E-state index contributed by atoms with van der Waals surface area (Å²) < 4.78 is 0. The fourth-order valence-corrected chi connectivity index (χ4v) is 2.48. The molecule has 0 aromatic rings. The summed E-state index contributed by atoms with van der Waals surface area (Å²) in [7, 11) is 1.90. The van der Waals surface area contributed by atoms with E-state index in [-0.39, 0.29) is 29.2 Å². The molecule has 1 N–H and O–H groups in total. The number of carbonyl (C=O) groups is 2. The van der Waals surface area contributed by atoms with Gasteiger partial charge in [-0.25, -0.2) is 0 Å². The van der Waals surface area contributed by atoms with Gasteiger partial charge in [0.05, 0.1) is 0 Å². The van der Waals surface area contributed by atoms with E-state index in [1.165, 1.54) is 0 Å². The molecule has 4 heteroatoms. The van der Waals surface area contributed by atoms with Gasteiger partial charge in [0.1, 0.15) is 0 Å². The highest BCUT2D eigenvalue weighted by Crippen LogP contribution is 2.26. The second-order valence-electron chi connectivity index (χ2n) is 6.00. The minimum atomic E-state index is -0.307. The minimum absolute atomic E-state index is 0.103. The Bertz CT molecular complexity index is 324. The highest BCUT2D eigenvalue weighted by atomic mass is 16.2. The number of hydrogen-bond donors (Lipinski definition) is 1.